The molecule has 25 heavy (non-hydrogen) atoms. The molecule has 1 saturated carbocycles. The fourth-order valence-corrected chi connectivity index (χ4v) is 2.81. The van der Waals surface area contributed by atoms with E-state index in [0.29, 0.717) is 17.4 Å². The van der Waals surface area contributed by atoms with E-state index in [0.717, 1.165) is 24.2 Å². The summed E-state index contributed by atoms with van der Waals surface area (Å²) < 4.78 is 16.0. The van der Waals surface area contributed by atoms with Gasteiger partial charge in [0.05, 0.1) is 20.3 Å². The first-order valence-electron chi connectivity index (χ1n) is 8.40. The average molecular weight is 341 g/mol. The van der Waals surface area contributed by atoms with Crippen molar-refractivity contribution in [1.29, 1.82) is 0 Å². The van der Waals surface area contributed by atoms with Gasteiger partial charge in [-0.2, -0.15) is 0 Å². The maximum atomic E-state index is 12.4. The zero-order valence-electron chi connectivity index (χ0n) is 14.5. The third-order valence-electron chi connectivity index (χ3n) is 4.31. The normalized spacial score (nSPS) is 14.5. The molecule has 2 aromatic rings. The van der Waals surface area contributed by atoms with Gasteiger partial charge in [-0.3, -0.25) is 4.79 Å². The number of hydrogen-bond acceptors (Lipinski definition) is 4. The highest BCUT2D eigenvalue weighted by Gasteiger charge is 2.33. The van der Waals surface area contributed by atoms with Crippen LogP contribution in [-0.4, -0.2) is 26.7 Å². The molecule has 2 aromatic carbocycles. The smallest absolute Gasteiger partial charge is 0.258 e. The molecule has 1 aliphatic rings. The molecule has 0 saturated heterocycles. The van der Waals surface area contributed by atoms with Crippen molar-refractivity contribution in [1.82, 2.24) is 5.32 Å². The third kappa shape index (κ3) is 4.44. The van der Waals surface area contributed by atoms with Crippen molar-refractivity contribution in [2.75, 3.05) is 20.8 Å². The zero-order chi connectivity index (χ0) is 17.6. The minimum absolute atomic E-state index is 0.0136. The quantitative estimate of drug-likeness (QED) is 0.800. The van der Waals surface area contributed by atoms with E-state index < -0.39 is 0 Å². The van der Waals surface area contributed by atoms with Crippen molar-refractivity contribution in [3.8, 4) is 17.2 Å². The van der Waals surface area contributed by atoms with Crippen LogP contribution in [0.25, 0.3) is 0 Å². The number of ether oxygens (including phenoxy) is 3. The van der Waals surface area contributed by atoms with Gasteiger partial charge in [0.25, 0.3) is 5.91 Å². The van der Waals surface area contributed by atoms with Gasteiger partial charge in [0.2, 0.25) is 0 Å². The number of methoxy groups -OCH3 is 2. The number of para-hydroxylation sites is 2. The molecule has 0 bridgehead atoms. The number of carbonyl (C=O) groups is 1. The van der Waals surface area contributed by atoms with E-state index in [1.807, 2.05) is 36.4 Å². The summed E-state index contributed by atoms with van der Waals surface area (Å²) in [6, 6.07) is 15.2. The second-order valence-electron chi connectivity index (χ2n) is 6.10. The minimum Gasteiger partial charge on any atom is -0.497 e. The van der Waals surface area contributed by atoms with Crippen LogP contribution in [0.2, 0.25) is 0 Å². The molecular weight excluding hydrogens is 318 g/mol. The number of amides is 1. The first kappa shape index (κ1) is 17.1. The van der Waals surface area contributed by atoms with Crippen molar-refractivity contribution < 1.29 is 19.0 Å². The lowest BCUT2D eigenvalue weighted by Gasteiger charge is -2.19. The molecule has 1 fully saturated rings. The van der Waals surface area contributed by atoms with E-state index in [9.17, 15) is 4.79 Å². The molecular formula is C20H23NO4. The van der Waals surface area contributed by atoms with Crippen LogP contribution >= 0.6 is 0 Å². The highest BCUT2D eigenvalue weighted by molar-refractivity contribution is 5.78. The molecule has 5 heteroatoms. The molecule has 0 spiro atoms. The molecule has 0 aromatic heterocycles. The van der Waals surface area contributed by atoms with Crippen molar-refractivity contribution in [2.24, 2.45) is 5.92 Å². The third-order valence-corrected chi connectivity index (χ3v) is 4.31. The van der Waals surface area contributed by atoms with Gasteiger partial charge >= 0.3 is 0 Å². The lowest BCUT2D eigenvalue weighted by atomic mass is 10.0. The van der Waals surface area contributed by atoms with Gasteiger partial charge in [-0.1, -0.05) is 24.3 Å². The topological polar surface area (TPSA) is 56.8 Å². The summed E-state index contributed by atoms with van der Waals surface area (Å²) in [5.74, 6) is 2.34. The van der Waals surface area contributed by atoms with E-state index in [1.54, 1.807) is 26.4 Å². The lowest BCUT2D eigenvalue weighted by molar-refractivity contribution is -0.124. The predicted octanol–water partition coefficient (Wildman–Crippen LogP) is 3.35. The van der Waals surface area contributed by atoms with Crippen LogP contribution in [0, 0.1) is 5.92 Å². The summed E-state index contributed by atoms with van der Waals surface area (Å²) >= 11 is 0. The van der Waals surface area contributed by atoms with Crippen LogP contribution in [0.3, 0.4) is 0 Å². The second kappa shape index (κ2) is 7.92. The van der Waals surface area contributed by atoms with Crippen molar-refractivity contribution in [3.63, 3.8) is 0 Å². The molecule has 1 atom stereocenters. The van der Waals surface area contributed by atoms with E-state index in [4.69, 9.17) is 14.2 Å². The fraction of sp³-hybridized carbons (Fsp3) is 0.350. The molecule has 132 valence electrons. The summed E-state index contributed by atoms with van der Waals surface area (Å²) in [6.45, 7) is -0.0419. The van der Waals surface area contributed by atoms with E-state index >= 15 is 0 Å². The lowest BCUT2D eigenvalue weighted by Crippen LogP contribution is -2.33. The maximum Gasteiger partial charge on any atom is 0.258 e. The minimum atomic E-state index is -0.140. The average Bonchev–Trinajstić information content (AvgIpc) is 3.50. The summed E-state index contributed by atoms with van der Waals surface area (Å²) in [6.07, 6.45) is 2.26. The predicted molar refractivity (Wildman–Crippen MR) is 95.1 cm³/mol. The fourth-order valence-electron chi connectivity index (χ4n) is 2.81. The van der Waals surface area contributed by atoms with Gasteiger partial charge in [0, 0.05) is 0 Å². The van der Waals surface area contributed by atoms with Gasteiger partial charge in [-0.15, -0.1) is 0 Å². The second-order valence-corrected chi connectivity index (χ2v) is 6.10. The van der Waals surface area contributed by atoms with Crippen LogP contribution in [0.4, 0.5) is 0 Å². The van der Waals surface area contributed by atoms with Gasteiger partial charge < -0.3 is 19.5 Å². The summed E-state index contributed by atoms with van der Waals surface area (Å²) in [5.41, 5.74) is 1.09. The Labute approximate surface area is 147 Å². The van der Waals surface area contributed by atoms with Crippen molar-refractivity contribution in [2.45, 2.75) is 18.9 Å². The largest absolute Gasteiger partial charge is 0.497 e. The van der Waals surface area contributed by atoms with Gasteiger partial charge in [0.15, 0.2) is 18.1 Å². The van der Waals surface area contributed by atoms with Crippen LogP contribution in [0.1, 0.15) is 24.4 Å². The highest BCUT2D eigenvalue weighted by Crippen LogP contribution is 2.41. The zero-order valence-corrected chi connectivity index (χ0v) is 14.5. The Morgan fingerprint density at radius 2 is 1.72 bits per heavy atom. The van der Waals surface area contributed by atoms with Gasteiger partial charge in [-0.05, 0) is 48.6 Å². The number of benzene rings is 2. The molecule has 5 nitrogen and oxygen atoms in total. The number of hydrogen-bond donors (Lipinski definition) is 1. The monoisotopic (exact) mass is 341 g/mol. The standard InChI is InChI=1S/C20H23NO4/c1-23-16-11-9-15(10-12-16)20(14-7-8-14)21-19(22)13-25-18-6-4-3-5-17(18)24-2/h3-6,9-12,14,20H,7-8,13H2,1-2H3,(H,21,22). The molecule has 0 radical (unpaired) electrons. The number of nitrogens with one attached hydrogen (secondary N) is 1. The molecule has 0 heterocycles. The van der Waals surface area contributed by atoms with Crippen molar-refractivity contribution in [3.05, 3.63) is 54.1 Å². The van der Waals surface area contributed by atoms with Gasteiger partial charge in [0.1, 0.15) is 5.75 Å². The first-order chi connectivity index (χ1) is 12.2. The molecule has 3 rings (SSSR count). The Balaban J connectivity index is 1.61. The van der Waals surface area contributed by atoms with Crippen LogP contribution in [-0.2, 0) is 4.79 Å². The molecule has 1 amide bonds. The Morgan fingerprint density at radius 1 is 1.04 bits per heavy atom. The SMILES string of the molecule is COc1ccc(C(NC(=O)COc2ccccc2OC)C2CC2)cc1. The molecule has 1 aliphatic carbocycles. The maximum absolute atomic E-state index is 12.4. The Morgan fingerprint density at radius 3 is 2.32 bits per heavy atom. The Kier molecular flexibility index (Phi) is 5.43. The van der Waals surface area contributed by atoms with E-state index in [2.05, 4.69) is 5.32 Å². The Hall–Kier alpha value is -2.69. The molecule has 1 unspecified atom stereocenters. The van der Waals surface area contributed by atoms with Crippen molar-refractivity contribution >= 4 is 5.91 Å². The molecule has 1 N–H and O–H groups in total. The van der Waals surface area contributed by atoms with Gasteiger partial charge in [-0.25, -0.2) is 0 Å². The summed E-state index contributed by atoms with van der Waals surface area (Å²) in [7, 11) is 3.22. The van der Waals surface area contributed by atoms with Crippen LogP contribution < -0.4 is 19.5 Å². The van der Waals surface area contributed by atoms with Crippen LogP contribution in [0.5, 0.6) is 17.2 Å². The van der Waals surface area contributed by atoms with E-state index in [1.165, 1.54) is 0 Å². The van der Waals surface area contributed by atoms with Crippen LogP contribution in [0.15, 0.2) is 48.5 Å². The Bertz CT molecular complexity index is 710. The number of carbonyl (C=O) groups excluding carboxylic acids is 1. The summed E-state index contributed by atoms with van der Waals surface area (Å²) in [5, 5.41) is 3.09. The first-order valence-corrected chi connectivity index (χ1v) is 8.40. The summed E-state index contributed by atoms with van der Waals surface area (Å²) in [4.78, 5) is 12.4. The highest BCUT2D eigenvalue weighted by atomic mass is 16.5. The van der Waals surface area contributed by atoms with E-state index in [-0.39, 0.29) is 18.6 Å². The number of rotatable bonds is 8. The molecule has 0 aliphatic heterocycles.